The second kappa shape index (κ2) is 5.35. The molecule has 0 fully saturated rings. The van der Waals surface area contributed by atoms with Crippen LogP contribution in [0.2, 0.25) is 0 Å². The topological polar surface area (TPSA) is 9.23 Å². The molecule has 0 saturated heterocycles. The van der Waals surface area contributed by atoms with E-state index in [9.17, 15) is 0 Å². The van der Waals surface area contributed by atoms with E-state index in [1.165, 1.54) is 11.1 Å². The first-order valence-corrected chi connectivity index (χ1v) is 5.69. The predicted octanol–water partition coefficient (Wildman–Crippen LogP) is 4.22. The summed E-state index contributed by atoms with van der Waals surface area (Å²) in [5, 5.41) is 0. The number of rotatable bonds is 4. The maximum atomic E-state index is 5.73. The van der Waals surface area contributed by atoms with E-state index in [4.69, 9.17) is 4.74 Å². The highest BCUT2D eigenvalue weighted by molar-refractivity contribution is 5.49. The Morgan fingerprint density at radius 3 is 2.59 bits per heavy atom. The molecular weight excluding hydrogens is 208 g/mol. The molecule has 1 nitrogen and oxygen atoms in total. The molecule has 17 heavy (non-hydrogen) atoms. The van der Waals surface area contributed by atoms with Gasteiger partial charge in [-0.25, -0.2) is 0 Å². The van der Waals surface area contributed by atoms with E-state index in [-0.39, 0.29) is 0 Å². The van der Waals surface area contributed by atoms with Gasteiger partial charge < -0.3 is 4.74 Å². The molecule has 1 heteroatoms. The van der Waals surface area contributed by atoms with Crippen LogP contribution in [0.15, 0.2) is 55.1 Å². The summed E-state index contributed by atoms with van der Waals surface area (Å²) < 4.78 is 5.73. The van der Waals surface area contributed by atoms with Gasteiger partial charge in [0.2, 0.25) is 0 Å². The van der Waals surface area contributed by atoms with Crippen LogP contribution in [0.1, 0.15) is 16.7 Å². The molecular formula is C16H16O. The molecule has 0 atom stereocenters. The zero-order valence-electron chi connectivity index (χ0n) is 10.0. The monoisotopic (exact) mass is 224 g/mol. The molecule has 0 unspecified atom stereocenters. The van der Waals surface area contributed by atoms with Gasteiger partial charge in [0.15, 0.2) is 0 Å². The van der Waals surface area contributed by atoms with Gasteiger partial charge in [0.1, 0.15) is 12.4 Å². The molecule has 0 aliphatic rings. The lowest BCUT2D eigenvalue weighted by atomic mass is 10.2. The van der Waals surface area contributed by atoms with Gasteiger partial charge in [-0.15, -0.1) is 0 Å². The van der Waals surface area contributed by atoms with Crippen molar-refractivity contribution in [3.63, 3.8) is 0 Å². The van der Waals surface area contributed by atoms with Crippen LogP contribution in [0.25, 0.3) is 6.08 Å². The summed E-state index contributed by atoms with van der Waals surface area (Å²) in [6.45, 7) is 6.42. The molecule has 0 aliphatic carbocycles. The third-order valence-corrected chi connectivity index (χ3v) is 2.62. The summed E-state index contributed by atoms with van der Waals surface area (Å²) in [6.07, 6.45) is 1.82. The van der Waals surface area contributed by atoms with Crippen molar-refractivity contribution >= 4 is 6.08 Å². The van der Waals surface area contributed by atoms with Gasteiger partial charge in [-0.2, -0.15) is 0 Å². The van der Waals surface area contributed by atoms with Gasteiger partial charge in [0.05, 0.1) is 0 Å². The first-order chi connectivity index (χ1) is 8.28. The lowest BCUT2D eigenvalue weighted by Gasteiger charge is -2.07. The fourth-order valence-corrected chi connectivity index (χ4v) is 1.58. The number of aryl methyl sites for hydroxylation is 1. The molecule has 0 bridgehead atoms. The van der Waals surface area contributed by atoms with E-state index in [1.807, 2.05) is 30.3 Å². The second-order valence-electron chi connectivity index (χ2n) is 4.05. The van der Waals surface area contributed by atoms with Crippen molar-refractivity contribution in [3.05, 3.63) is 71.8 Å². The van der Waals surface area contributed by atoms with Crippen molar-refractivity contribution in [1.29, 1.82) is 0 Å². The number of hydrogen-bond donors (Lipinski definition) is 0. The van der Waals surface area contributed by atoms with Crippen LogP contribution in [0.3, 0.4) is 0 Å². The SMILES string of the molecule is C=Cc1cccc(OCc2ccc(C)cc2)c1. The molecule has 0 aliphatic heterocycles. The van der Waals surface area contributed by atoms with Gasteiger partial charge in [0.25, 0.3) is 0 Å². The Morgan fingerprint density at radius 1 is 1.12 bits per heavy atom. The van der Waals surface area contributed by atoms with E-state index >= 15 is 0 Å². The molecule has 2 aromatic carbocycles. The van der Waals surface area contributed by atoms with Gasteiger partial charge in [-0.05, 0) is 30.2 Å². The molecule has 0 heterocycles. The zero-order chi connectivity index (χ0) is 12.1. The third-order valence-electron chi connectivity index (χ3n) is 2.62. The Morgan fingerprint density at radius 2 is 1.88 bits per heavy atom. The first kappa shape index (κ1) is 11.5. The highest BCUT2D eigenvalue weighted by atomic mass is 16.5. The lowest BCUT2D eigenvalue weighted by molar-refractivity contribution is 0.306. The third kappa shape index (κ3) is 3.22. The van der Waals surface area contributed by atoms with Crippen LogP contribution in [0.4, 0.5) is 0 Å². The van der Waals surface area contributed by atoms with E-state index in [0.717, 1.165) is 11.3 Å². The van der Waals surface area contributed by atoms with Crippen molar-refractivity contribution in [2.45, 2.75) is 13.5 Å². The van der Waals surface area contributed by atoms with Crippen LogP contribution in [0, 0.1) is 6.92 Å². The summed E-state index contributed by atoms with van der Waals surface area (Å²) in [4.78, 5) is 0. The van der Waals surface area contributed by atoms with E-state index in [2.05, 4.69) is 37.8 Å². The fourth-order valence-electron chi connectivity index (χ4n) is 1.58. The predicted molar refractivity (Wildman–Crippen MR) is 72.0 cm³/mol. The second-order valence-corrected chi connectivity index (χ2v) is 4.05. The summed E-state index contributed by atoms with van der Waals surface area (Å²) in [5.74, 6) is 0.878. The minimum absolute atomic E-state index is 0.598. The highest BCUT2D eigenvalue weighted by Gasteiger charge is 1.96. The Kier molecular flexibility index (Phi) is 3.61. The Balaban J connectivity index is 2.01. The van der Waals surface area contributed by atoms with Gasteiger partial charge in [0, 0.05) is 0 Å². The van der Waals surface area contributed by atoms with Gasteiger partial charge in [-0.3, -0.25) is 0 Å². The average Bonchev–Trinajstić information content (AvgIpc) is 2.38. The number of ether oxygens (including phenoxy) is 1. The molecule has 0 spiro atoms. The van der Waals surface area contributed by atoms with Gasteiger partial charge >= 0.3 is 0 Å². The maximum Gasteiger partial charge on any atom is 0.120 e. The summed E-state index contributed by atoms with van der Waals surface area (Å²) in [7, 11) is 0. The van der Waals surface area contributed by atoms with Crippen LogP contribution in [-0.2, 0) is 6.61 Å². The minimum Gasteiger partial charge on any atom is -0.489 e. The normalized spacial score (nSPS) is 9.94. The van der Waals surface area contributed by atoms with Crippen molar-refractivity contribution in [1.82, 2.24) is 0 Å². The molecule has 0 aromatic heterocycles. The summed E-state index contributed by atoms with van der Waals surface area (Å²) in [5.41, 5.74) is 3.52. The average molecular weight is 224 g/mol. The van der Waals surface area contributed by atoms with Crippen molar-refractivity contribution < 1.29 is 4.74 Å². The van der Waals surface area contributed by atoms with Crippen molar-refractivity contribution in [2.75, 3.05) is 0 Å². The summed E-state index contributed by atoms with van der Waals surface area (Å²) >= 11 is 0. The van der Waals surface area contributed by atoms with Crippen LogP contribution >= 0.6 is 0 Å². The molecule has 86 valence electrons. The summed E-state index contributed by atoms with van der Waals surface area (Å²) in [6, 6.07) is 16.3. The minimum atomic E-state index is 0.598. The zero-order valence-corrected chi connectivity index (χ0v) is 10.0. The molecule has 2 aromatic rings. The molecule has 0 N–H and O–H groups in total. The van der Waals surface area contributed by atoms with Crippen molar-refractivity contribution in [2.24, 2.45) is 0 Å². The van der Waals surface area contributed by atoms with Gasteiger partial charge in [-0.1, -0.05) is 54.6 Å². The first-order valence-electron chi connectivity index (χ1n) is 5.69. The largest absolute Gasteiger partial charge is 0.489 e. The van der Waals surface area contributed by atoms with E-state index in [1.54, 1.807) is 0 Å². The lowest BCUT2D eigenvalue weighted by Crippen LogP contribution is -1.95. The van der Waals surface area contributed by atoms with Crippen molar-refractivity contribution in [3.8, 4) is 5.75 Å². The fraction of sp³-hybridized carbons (Fsp3) is 0.125. The van der Waals surface area contributed by atoms with E-state index < -0.39 is 0 Å². The number of benzene rings is 2. The Hall–Kier alpha value is -2.02. The standard InChI is InChI=1S/C16H16O/c1-3-14-5-4-6-16(11-14)17-12-15-9-7-13(2)8-10-15/h3-11H,1,12H2,2H3. The molecule has 0 saturated carbocycles. The van der Waals surface area contributed by atoms with Crippen LogP contribution < -0.4 is 4.74 Å². The number of hydrogen-bond acceptors (Lipinski definition) is 1. The smallest absolute Gasteiger partial charge is 0.120 e. The molecule has 0 radical (unpaired) electrons. The van der Waals surface area contributed by atoms with Crippen LogP contribution in [-0.4, -0.2) is 0 Å². The molecule has 0 amide bonds. The Bertz CT molecular complexity index is 497. The quantitative estimate of drug-likeness (QED) is 0.755. The van der Waals surface area contributed by atoms with Crippen LogP contribution in [0.5, 0.6) is 5.75 Å². The molecule has 2 rings (SSSR count). The highest BCUT2D eigenvalue weighted by Crippen LogP contribution is 2.16. The maximum absolute atomic E-state index is 5.73. The Labute approximate surface area is 102 Å². The van der Waals surface area contributed by atoms with E-state index in [0.29, 0.717) is 6.61 Å².